The van der Waals surface area contributed by atoms with Crippen molar-refractivity contribution in [2.45, 2.75) is 25.2 Å². The number of aromatic nitrogens is 1. The lowest BCUT2D eigenvalue weighted by atomic mass is 9.94. The SMILES string of the molecule is CN1CCC[C@@H](c2cccc(Cc3ccccc3Cl)n2)C1. The highest BCUT2D eigenvalue weighted by molar-refractivity contribution is 6.31. The molecule has 1 aromatic heterocycles. The van der Waals surface area contributed by atoms with Crippen molar-refractivity contribution in [2.24, 2.45) is 0 Å². The molecule has 1 fully saturated rings. The van der Waals surface area contributed by atoms with Gasteiger partial charge in [-0.05, 0) is 50.2 Å². The average Bonchev–Trinajstić information content (AvgIpc) is 2.50. The highest BCUT2D eigenvalue weighted by atomic mass is 35.5. The van der Waals surface area contributed by atoms with Gasteiger partial charge in [0.25, 0.3) is 0 Å². The first-order chi connectivity index (χ1) is 10.2. The molecule has 1 saturated heterocycles. The van der Waals surface area contributed by atoms with Crippen LogP contribution in [0.1, 0.15) is 35.7 Å². The summed E-state index contributed by atoms with van der Waals surface area (Å²) in [6.45, 7) is 2.32. The number of piperidine rings is 1. The molecule has 3 rings (SSSR count). The van der Waals surface area contributed by atoms with Crippen LogP contribution in [0.2, 0.25) is 5.02 Å². The summed E-state index contributed by atoms with van der Waals surface area (Å²) in [4.78, 5) is 7.28. The van der Waals surface area contributed by atoms with E-state index in [0.717, 1.165) is 29.2 Å². The van der Waals surface area contributed by atoms with E-state index in [1.807, 2.05) is 18.2 Å². The average molecular weight is 301 g/mol. The molecule has 0 aliphatic carbocycles. The highest BCUT2D eigenvalue weighted by Crippen LogP contribution is 2.25. The predicted octanol–water partition coefficient (Wildman–Crippen LogP) is 4.14. The fourth-order valence-corrected chi connectivity index (χ4v) is 3.27. The molecule has 1 atom stereocenters. The molecule has 0 spiro atoms. The summed E-state index contributed by atoms with van der Waals surface area (Å²) in [5.74, 6) is 0.565. The van der Waals surface area contributed by atoms with Gasteiger partial charge in [0, 0.05) is 35.3 Å². The zero-order chi connectivity index (χ0) is 14.7. The smallest absolute Gasteiger partial charge is 0.0451 e. The number of likely N-dealkylation sites (tertiary alicyclic amines) is 1. The molecule has 1 aliphatic rings. The lowest BCUT2D eigenvalue weighted by Gasteiger charge is -2.29. The molecular formula is C18H21ClN2. The van der Waals surface area contributed by atoms with Gasteiger partial charge in [-0.2, -0.15) is 0 Å². The molecule has 0 saturated carbocycles. The molecule has 2 heterocycles. The Balaban J connectivity index is 1.78. The van der Waals surface area contributed by atoms with Gasteiger partial charge in [0.05, 0.1) is 0 Å². The van der Waals surface area contributed by atoms with Crippen LogP contribution in [-0.4, -0.2) is 30.0 Å². The normalized spacial score (nSPS) is 19.6. The quantitative estimate of drug-likeness (QED) is 0.847. The zero-order valence-electron chi connectivity index (χ0n) is 12.4. The Labute approximate surface area is 131 Å². The molecule has 0 N–H and O–H groups in total. The largest absolute Gasteiger partial charge is 0.306 e. The van der Waals surface area contributed by atoms with Crippen molar-refractivity contribution >= 4 is 11.6 Å². The van der Waals surface area contributed by atoms with Gasteiger partial charge in [-0.25, -0.2) is 0 Å². The van der Waals surface area contributed by atoms with E-state index < -0.39 is 0 Å². The first kappa shape index (κ1) is 14.6. The lowest BCUT2D eigenvalue weighted by molar-refractivity contribution is 0.248. The zero-order valence-corrected chi connectivity index (χ0v) is 13.2. The summed E-state index contributed by atoms with van der Waals surface area (Å²) in [5.41, 5.74) is 3.48. The maximum absolute atomic E-state index is 6.25. The second kappa shape index (κ2) is 6.59. The lowest BCUT2D eigenvalue weighted by Crippen LogP contribution is -2.31. The second-order valence-electron chi connectivity index (χ2n) is 5.92. The molecule has 0 bridgehead atoms. The van der Waals surface area contributed by atoms with E-state index in [4.69, 9.17) is 16.6 Å². The van der Waals surface area contributed by atoms with Gasteiger partial charge in [-0.1, -0.05) is 35.9 Å². The van der Waals surface area contributed by atoms with Gasteiger partial charge in [0.15, 0.2) is 0 Å². The van der Waals surface area contributed by atoms with E-state index in [0.29, 0.717) is 5.92 Å². The van der Waals surface area contributed by atoms with Crippen LogP contribution in [-0.2, 0) is 6.42 Å². The Bertz CT molecular complexity index is 612. The third kappa shape index (κ3) is 3.63. The number of rotatable bonds is 3. The van der Waals surface area contributed by atoms with E-state index in [1.54, 1.807) is 0 Å². The van der Waals surface area contributed by atoms with Crippen LogP contribution in [0.5, 0.6) is 0 Å². The van der Waals surface area contributed by atoms with Gasteiger partial charge in [-0.15, -0.1) is 0 Å². The number of hydrogen-bond donors (Lipinski definition) is 0. The summed E-state index contributed by atoms with van der Waals surface area (Å²) in [6.07, 6.45) is 3.31. The molecular weight excluding hydrogens is 280 g/mol. The van der Waals surface area contributed by atoms with Crippen LogP contribution in [0.15, 0.2) is 42.5 Å². The molecule has 0 unspecified atom stereocenters. The standard InChI is InChI=1S/C18H21ClN2/c1-21-11-5-7-15(13-21)18-10-4-8-16(20-18)12-14-6-2-3-9-17(14)19/h2-4,6,8-10,15H,5,7,11-13H2,1H3/t15-/m1/s1. The van der Waals surface area contributed by atoms with Crippen molar-refractivity contribution in [3.8, 4) is 0 Å². The van der Waals surface area contributed by atoms with Crippen molar-refractivity contribution in [1.29, 1.82) is 0 Å². The Hall–Kier alpha value is -1.38. The predicted molar refractivity (Wildman–Crippen MR) is 88.0 cm³/mol. The van der Waals surface area contributed by atoms with Gasteiger partial charge in [-0.3, -0.25) is 4.98 Å². The van der Waals surface area contributed by atoms with Crippen molar-refractivity contribution in [1.82, 2.24) is 9.88 Å². The van der Waals surface area contributed by atoms with Gasteiger partial charge in [0.1, 0.15) is 0 Å². The third-order valence-electron chi connectivity index (χ3n) is 4.20. The van der Waals surface area contributed by atoms with Crippen LogP contribution < -0.4 is 0 Å². The van der Waals surface area contributed by atoms with Crippen LogP contribution in [0, 0.1) is 0 Å². The third-order valence-corrected chi connectivity index (χ3v) is 4.57. The van der Waals surface area contributed by atoms with E-state index >= 15 is 0 Å². The van der Waals surface area contributed by atoms with E-state index in [-0.39, 0.29) is 0 Å². The molecule has 2 aromatic rings. The molecule has 21 heavy (non-hydrogen) atoms. The van der Waals surface area contributed by atoms with Crippen LogP contribution in [0.25, 0.3) is 0 Å². The molecule has 2 nitrogen and oxygen atoms in total. The summed E-state index contributed by atoms with van der Waals surface area (Å²) >= 11 is 6.25. The molecule has 110 valence electrons. The summed E-state index contributed by atoms with van der Waals surface area (Å²) in [5, 5.41) is 0.821. The topological polar surface area (TPSA) is 16.1 Å². The molecule has 0 amide bonds. The first-order valence-electron chi connectivity index (χ1n) is 7.60. The molecule has 1 aromatic carbocycles. The maximum atomic E-state index is 6.25. The number of hydrogen-bond acceptors (Lipinski definition) is 2. The summed E-state index contributed by atoms with van der Waals surface area (Å²) in [7, 11) is 2.19. The minimum Gasteiger partial charge on any atom is -0.306 e. The fraction of sp³-hybridized carbons (Fsp3) is 0.389. The molecule has 3 heteroatoms. The van der Waals surface area contributed by atoms with E-state index in [2.05, 4.69) is 36.2 Å². The van der Waals surface area contributed by atoms with Gasteiger partial charge >= 0.3 is 0 Å². The number of nitrogens with zero attached hydrogens (tertiary/aromatic N) is 2. The van der Waals surface area contributed by atoms with Crippen LogP contribution >= 0.6 is 11.6 Å². The summed E-state index contributed by atoms with van der Waals surface area (Å²) in [6, 6.07) is 14.4. The van der Waals surface area contributed by atoms with E-state index in [1.165, 1.54) is 25.1 Å². The first-order valence-corrected chi connectivity index (χ1v) is 7.98. The number of pyridine rings is 1. The summed E-state index contributed by atoms with van der Waals surface area (Å²) < 4.78 is 0. The second-order valence-corrected chi connectivity index (χ2v) is 6.33. The molecule has 1 aliphatic heterocycles. The number of halogens is 1. The minimum absolute atomic E-state index is 0.565. The monoisotopic (exact) mass is 300 g/mol. The van der Waals surface area contributed by atoms with Gasteiger partial charge < -0.3 is 4.90 Å². The Morgan fingerprint density at radius 3 is 2.86 bits per heavy atom. The molecule has 0 radical (unpaired) electrons. The number of benzene rings is 1. The van der Waals surface area contributed by atoms with Crippen LogP contribution in [0.3, 0.4) is 0 Å². The number of likely N-dealkylation sites (N-methyl/N-ethyl adjacent to an activating group) is 1. The Morgan fingerprint density at radius 2 is 2.05 bits per heavy atom. The Morgan fingerprint density at radius 1 is 1.19 bits per heavy atom. The van der Waals surface area contributed by atoms with Crippen LogP contribution in [0.4, 0.5) is 0 Å². The van der Waals surface area contributed by atoms with Crippen molar-refractivity contribution in [3.05, 3.63) is 64.4 Å². The van der Waals surface area contributed by atoms with Gasteiger partial charge in [0.2, 0.25) is 0 Å². The van der Waals surface area contributed by atoms with Crippen molar-refractivity contribution in [2.75, 3.05) is 20.1 Å². The Kier molecular flexibility index (Phi) is 4.57. The maximum Gasteiger partial charge on any atom is 0.0451 e. The minimum atomic E-state index is 0.565. The highest BCUT2D eigenvalue weighted by Gasteiger charge is 2.20. The fourth-order valence-electron chi connectivity index (χ4n) is 3.07. The van der Waals surface area contributed by atoms with Crippen molar-refractivity contribution < 1.29 is 0 Å². The van der Waals surface area contributed by atoms with Crippen molar-refractivity contribution in [3.63, 3.8) is 0 Å². The van der Waals surface area contributed by atoms with E-state index in [9.17, 15) is 0 Å².